The van der Waals surface area contributed by atoms with Gasteiger partial charge in [0.1, 0.15) is 12.4 Å². The molecule has 1 aromatic heterocycles. The van der Waals surface area contributed by atoms with Gasteiger partial charge in [-0.15, -0.1) is 0 Å². The maximum absolute atomic E-state index is 5.80. The largest absolute Gasteiger partial charge is 0.492 e. The summed E-state index contributed by atoms with van der Waals surface area (Å²) in [6.45, 7) is 8.92. The quantitative estimate of drug-likeness (QED) is 0.824. The van der Waals surface area contributed by atoms with Gasteiger partial charge in [-0.3, -0.25) is 4.98 Å². The normalized spacial score (nSPS) is 11.4. The van der Waals surface area contributed by atoms with Gasteiger partial charge in [-0.2, -0.15) is 0 Å². The second-order valence-electron chi connectivity index (χ2n) is 6.16. The SMILES string of the molecule is CC(C)(C)c1cccc(OCCNCc2cccnc2)c1. The highest BCUT2D eigenvalue weighted by Crippen LogP contribution is 2.25. The zero-order valence-corrected chi connectivity index (χ0v) is 13.1. The summed E-state index contributed by atoms with van der Waals surface area (Å²) < 4.78 is 5.80. The van der Waals surface area contributed by atoms with Gasteiger partial charge in [0.05, 0.1) is 0 Å². The van der Waals surface area contributed by atoms with Crippen molar-refractivity contribution in [1.82, 2.24) is 10.3 Å². The summed E-state index contributed by atoms with van der Waals surface area (Å²) in [5.41, 5.74) is 2.63. The molecular formula is C18H24N2O. The van der Waals surface area contributed by atoms with E-state index in [-0.39, 0.29) is 5.41 Å². The zero-order valence-electron chi connectivity index (χ0n) is 13.1. The Morgan fingerprint density at radius 2 is 2.00 bits per heavy atom. The first-order chi connectivity index (χ1) is 10.1. The monoisotopic (exact) mass is 284 g/mol. The van der Waals surface area contributed by atoms with Crippen LogP contribution >= 0.6 is 0 Å². The average Bonchev–Trinajstić information content (AvgIpc) is 2.47. The molecule has 112 valence electrons. The summed E-state index contributed by atoms with van der Waals surface area (Å²) in [4.78, 5) is 4.09. The van der Waals surface area contributed by atoms with Gasteiger partial charge in [-0.25, -0.2) is 0 Å². The van der Waals surface area contributed by atoms with Crippen LogP contribution in [0.25, 0.3) is 0 Å². The van der Waals surface area contributed by atoms with Gasteiger partial charge in [0.15, 0.2) is 0 Å². The van der Waals surface area contributed by atoms with Crippen molar-refractivity contribution in [2.24, 2.45) is 0 Å². The van der Waals surface area contributed by atoms with Crippen LogP contribution in [-0.4, -0.2) is 18.1 Å². The minimum Gasteiger partial charge on any atom is -0.492 e. The number of rotatable bonds is 6. The van der Waals surface area contributed by atoms with Gasteiger partial charge >= 0.3 is 0 Å². The highest BCUT2D eigenvalue weighted by molar-refractivity contribution is 5.32. The predicted octanol–water partition coefficient (Wildman–Crippen LogP) is 3.55. The van der Waals surface area contributed by atoms with E-state index in [1.54, 1.807) is 6.20 Å². The first kappa shape index (κ1) is 15.5. The first-order valence-corrected chi connectivity index (χ1v) is 7.39. The summed E-state index contributed by atoms with van der Waals surface area (Å²) in [6, 6.07) is 12.4. The van der Waals surface area contributed by atoms with Crippen LogP contribution in [0.4, 0.5) is 0 Å². The van der Waals surface area contributed by atoms with Crippen LogP contribution in [0, 0.1) is 0 Å². The lowest BCUT2D eigenvalue weighted by Crippen LogP contribution is -2.20. The van der Waals surface area contributed by atoms with Crippen molar-refractivity contribution in [3.8, 4) is 5.75 Å². The summed E-state index contributed by atoms with van der Waals surface area (Å²) >= 11 is 0. The topological polar surface area (TPSA) is 34.1 Å². The molecule has 0 saturated heterocycles. The molecule has 0 bridgehead atoms. The average molecular weight is 284 g/mol. The van der Waals surface area contributed by atoms with E-state index in [1.165, 1.54) is 11.1 Å². The molecule has 1 aromatic carbocycles. The minimum absolute atomic E-state index is 0.151. The van der Waals surface area contributed by atoms with Crippen molar-refractivity contribution < 1.29 is 4.74 Å². The molecule has 0 aliphatic heterocycles. The Bertz CT molecular complexity index is 547. The molecule has 3 nitrogen and oxygen atoms in total. The van der Waals surface area contributed by atoms with E-state index in [0.29, 0.717) is 6.61 Å². The first-order valence-electron chi connectivity index (χ1n) is 7.39. The van der Waals surface area contributed by atoms with Gasteiger partial charge in [0.2, 0.25) is 0 Å². The molecule has 21 heavy (non-hydrogen) atoms. The van der Waals surface area contributed by atoms with Gasteiger partial charge < -0.3 is 10.1 Å². The highest BCUT2D eigenvalue weighted by atomic mass is 16.5. The fourth-order valence-corrected chi connectivity index (χ4v) is 2.03. The Balaban J connectivity index is 1.74. The smallest absolute Gasteiger partial charge is 0.119 e. The van der Waals surface area contributed by atoms with Crippen molar-refractivity contribution in [3.05, 3.63) is 59.9 Å². The van der Waals surface area contributed by atoms with E-state index >= 15 is 0 Å². The number of hydrogen-bond donors (Lipinski definition) is 1. The number of hydrogen-bond acceptors (Lipinski definition) is 3. The van der Waals surface area contributed by atoms with Crippen LogP contribution in [0.1, 0.15) is 31.9 Å². The van der Waals surface area contributed by atoms with E-state index in [1.807, 2.05) is 18.3 Å². The number of aromatic nitrogens is 1. The molecule has 0 atom stereocenters. The Kier molecular flexibility index (Phi) is 5.34. The fraction of sp³-hybridized carbons (Fsp3) is 0.389. The molecule has 2 aromatic rings. The molecule has 0 amide bonds. The molecule has 0 saturated carbocycles. The van der Waals surface area contributed by atoms with Crippen LogP contribution in [0.5, 0.6) is 5.75 Å². The Morgan fingerprint density at radius 3 is 2.71 bits per heavy atom. The summed E-state index contributed by atoms with van der Waals surface area (Å²) in [5.74, 6) is 0.936. The Morgan fingerprint density at radius 1 is 1.14 bits per heavy atom. The standard InChI is InChI=1S/C18H24N2O/c1-18(2,3)16-7-4-8-17(12-16)21-11-10-20-14-15-6-5-9-19-13-15/h4-9,12-13,20H,10-11,14H2,1-3H3. The maximum Gasteiger partial charge on any atom is 0.119 e. The number of nitrogens with one attached hydrogen (secondary N) is 1. The fourth-order valence-electron chi connectivity index (χ4n) is 2.03. The molecule has 0 unspecified atom stereocenters. The van der Waals surface area contributed by atoms with Crippen molar-refractivity contribution in [2.75, 3.05) is 13.2 Å². The molecule has 0 radical (unpaired) electrons. The zero-order chi connectivity index (χ0) is 15.1. The van der Waals surface area contributed by atoms with E-state index < -0.39 is 0 Å². The molecule has 0 spiro atoms. The van der Waals surface area contributed by atoms with Crippen molar-refractivity contribution in [3.63, 3.8) is 0 Å². The Labute approximate surface area is 127 Å². The summed E-state index contributed by atoms with van der Waals surface area (Å²) in [6.07, 6.45) is 3.66. The van der Waals surface area contributed by atoms with Crippen molar-refractivity contribution >= 4 is 0 Å². The lowest BCUT2D eigenvalue weighted by atomic mass is 9.87. The molecule has 1 heterocycles. The number of nitrogens with zero attached hydrogens (tertiary/aromatic N) is 1. The van der Waals surface area contributed by atoms with E-state index in [4.69, 9.17) is 4.74 Å². The molecular weight excluding hydrogens is 260 g/mol. The van der Waals surface area contributed by atoms with Gasteiger partial charge in [-0.1, -0.05) is 39.0 Å². The third-order valence-corrected chi connectivity index (χ3v) is 3.30. The number of pyridine rings is 1. The van der Waals surface area contributed by atoms with Crippen LogP contribution in [0.15, 0.2) is 48.8 Å². The summed E-state index contributed by atoms with van der Waals surface area (Å²) in [5, 5.41) is 3.35. The van der Waals surface area contributed by atoms with Crippen LogP contribution < -0.4 is 10.1 Å². The van der Waals surface area contributed by atoms with Crippen LogP contribution in [-0.2, 0) is 12.0 Å². The molecule has 3 heteroatoms. The minimum atomic E-state index is 0.151. The lowest BCUT2D eigenvalue weighted by molar-refractivity contribution is 0.313. The van der Waals surface area contributed by atoms with E-state index in [0.717, 1.165) is 18.8 Å². The summed E-state index contributed by atoms with van der Waals surface area (Å²) in [7, 11) is 0. The second kappa shape index (κ2) is 7.23. The Hall–Kier alpha value is -1.87. The van der Waals surface area contributed by atoms with Crippen LogP contribution in [0.3, 0.4) is 0 Å². The molecule has 1 N–H and O–H groups in total. The predicted molar refractivity (Wildman–Crippen MR) is 86.6 cm³/mol. The van der Waals surface area contributed by atoms with Crippen molar-refractivity contribution in [2.45, 2.75) is 32.7 Å². The number of benzene rings is 1. The van der Waals surface area contributed by atoms with Gasteiger partial charge in [-0.05, 0) is 34.7 Å². The highest BCUT2D eigenvalue weighted by Gasteiger charge is 2.13. The third kappa shape index (κ3) is 5.20. The molecule has 0 aliphatic carbocycles. The number of ether oxygens (including phenoxy) is 1. The lowest BCUT2D eigenvalue weighted by Gasteiger charge is -2.19. The third-order valence-electron chi connectivity index (χ3n) is 3.30. The maximum atomic E-state index is 5.80. The van der Waals surface area contributed by atoms with E-state index in [9.17, 15) is 0 Å². The molecule has 0 aliphatic rings. The van der Waals surface area contributed by atoms with Crippen LogP contribution in [0.2, 0.25) is 0 Å². The van der Waals surface area contributed by atoms with Gasteiger partial charge in [0, 0.05) is 25.5 Å². The second-order valence-corrected chi connectivity index (χ2v) is 6.16. The van der Waals surface area contributed by atoms with E-state index in [2.05, 4.69) is 55.3 Å². The molecule has 2 rings (SSSR count). The molecule has 0 fully saturated rings. The van der Waals surface area contributed by atoms with Gasteiger partial charge in [0.25, 0.3) is 0 Å². The van der Waals surface area contributed by atoms with Crippen molar-refractivity contribution in [1.29, 1.82) is 0 Å².